The molecule has 0 spiro atoms. The van der Waals surface area contributed by atoms with Crippen molar-refractivity contribution < 1.29 is 9.53 Å². The number of nitrogens with one attached hydrogen (secondary N) is 1. The molecule has 0 fully saturated rings. The van der Waals surface area contributed by atoms with Crippen molar-refractivity contribution in [3.8, 4) is 11.4 Å². The van der Waals surface area contributed by atoms with E-state index >= 15 is 0 Å². The highest BCUT2D eigenvalue weighted by atomic mass is 16.5. The fourth-order valence-corrected chi connectivity index (χ4v) is 3.74. The predicted octanol–water partition coefficient (Wildman–Crippen LogP) is 2.52. The average Bonchev–Trinajstić information content (AvgIpc) is 3.23. The molecule has 4 aromatic rings. The van der Waals surface area contributed by atoms with Crippen LogP contribution in [0.2, 0.25) is 0 Å². The number of nitrogens with zero attached hydrogens (tertiary/aromatic N) is 5. The number of anilines is 1. The van der Waals surface area contributed by atoms with Crippen LogP contribution >= 0.6 is 0 Å². The summed E-state index contributed by atoms with van der Waals surface area (Å²) in [5.74, 6) is 1.00. The number of amides is 1. The monoisotopic (exact) mass is 446 g/mol. The summed E-state index contributed by atoms with van der Waals surface area (Å²) in [5.41, 5.74) is 2.71. The van der Waals surface area contributed by atoms with Gasteiger partial charge in [0.2, 0.25) is 5.91 Å². The van der Waals surface area contributed by atoms with Gasteiger partial charge in [-0.05, 0) is 37.7 Å². The van der Waals surface area contributed by atoms with Crippen molar-refractivity contribution in [1.82, 2.24) is 24.6 Å². The number of hydrogen-bond donors (Lipinski definition) is 1. The molecule has 2 aromatic heterocycles. The van der Waals surface area contributed by atoms with Crippen molar-refractivity contribution in [2.45, 2.75) is 13.5 Å². The van der Waals surface area contributed by atoms with Gasteiger partial charge in [0.25, 0.3) is 5.56 Å². The van der Waals surface area contributed by atoms with Crippen LogP contribution in [0.3, 0.4) is 0 Å². The smallest absolute Gasteiger partial charge is 0.262 e. The lowest BCUT2D eigenvalue weighted by Gasteiger charge is -2.23. The number of aryl methyl sites for hydroxylation is 1. The molecule has 0 saturated carbocycles. The molecule has 170 valence electrons. The fraction of sp³-hybridized carbons (Fsp3) is 0.250. The molecule has 0 atom stereocenters. The Labute approximate surface area is 191 Å². The molecular weight excluding hydrogens is 420 g/mol. The molecule has 2 aromatic carbocycles. The van der Waals surface area contributed by atoms with E-state index in [1.54, 1.807) is 23.7 Å². The van der Waals surface area contributed by atoms with Crippen molar-refractivity contribution >= 4 is 22.6 Å². The molecule has 1 N–H and O–H groups in total. The SMILES string of the molecule is COc1ccccc1-n1ncc2c(=O)[nH]c(CN(C)CC(=O)N(C)c3ccccc3C)nc21. The highest BCUT2D eigenvalue weighted by Crippen LogP contribution is 2.24. The zero-order chi connectivity index (χ0) is 23.5. The van der Waals surface area contributed by atoms with Crippen molar-refractivity contribution in [3.05, 3.63) is 76.5 Å². The van der Waals surface area contributed by atoms with E-state index in [2.05, 4.69) is 15.1 Å². The number of likely N-dealkylation sites (N-methyl/N-ethyl adjacent to an activating group) is 2. The standard InChI is InChI=1S/C24H26N6O3/c1-16-9-5-6-10-18(16)29(3)22(31)15-28(2)14-21-26-23-17(24(32)27-21)13-25-30(23)19-11-7-8-12-20(19)33-4/h5-13H,14-15H2,1-4H3,(H,26,27,32). The first-order valence-electron chi connectivity index (χ1n) is 10.5. The van der Waals surface area contributed by atoms with Gasteiger partial charge in [0, 0.05) is 12.7 Å². The van der Waals surface area contributed by atoms with Gasteiger partial charge < -0.3 is 14.6 Å². The number of rotatable bonds is 7. The summed E-state index contributed by atoms with van der Waals surface area (Å²) in [6, 6.07) is 15.1. The van der Waals surface area contributed by atoms with Crippen molar-refractivity contribution in [2.75, 3.05) is 32.6 Å². The van der Waals surface area contributed by atoms with E-state index in [-0.39, 0.29) is 24.6 Å². The number of benzene rings is 2. The number of H-pyrrole nitrogens is 1. The van der Waals surface area contributed by atoms with Gasteiger partial charge in [0.05, 0.1) is 26.4 Å². The molecule has 9 nitrogen and oxygen atoms in total. The highest BCUT2D eigenvalue weighted by Gasteiger charge is 2.18. The first-order chi connectivity index (χ1) is 15.9. The number of ether oxygens (including phenoxy) is 1. The Morgan fingerprint density at radius 2 is 1.85 bits per heavy atom. The predicted molar refractivity (Wildman–Crippen MR) is 127 cm³/mol. The second-order valence-corrected chi connectivity index (χ2v) is 7.89. The second-order valence-electron chi connectivity index (χ2n) is 7.89. The number of hydrogen-bond acceptors (Lipinski definition) is 6. The van der Waals surface area contributed by atoms with E-state index < -0.39 is 0 Å². The van der Waals surface area contributed by atoms with E-state index in [9.17, 15) is 9.59 Å². The van der Waals surface area contributed by atoms with E-state index in [4.69, 9.17) is 4.74 Å². The first-order valence-corrected chi connectivity index (χ1v) is 10.5. The topological polar surface area (TPSA) is 96.3 Å². The number of carbonyl (C=O) groups is 1. The van der Waals surface area contributed by atoms with E-state index in [1.165, 1.54) is 6.20 Å². The minimum absolute atomic E-state index is 0.0608. The van der Waals surface area contributed by atoms with Gasteiger partial charge >= 0.3 is 0 Å². The maximum absolute atomic E-state index is 12.8. The molecule has 9 heteroatoms. The number of aromatic nitrogens is 4. The van der Waals surface area contributed by atoms with Crippen LogP contribution in [0.4, 0.5) is 5.69 Å². The quantitative estimate of drug-likeness (QED) is 0.469. The Morgan fingerprint density at radius 3 is 2.61 bits per heavy atom. The van der Waals surface area contributed by atoms with Crippen LogP contribution in [0, 0.1) is 6.92 Å². The summed E-state index contributed by atoms with van der Waals surface area (Å²) < 4.78 is 7.02. The summed E-state index contributed by atoms with van der Waals surface area (Å²) >= 11 is 0. The molecule has 0 saturated heterocycles. The van der Waals surface area contributed by atoms with Gasteiger partial charge in [-0.15, -0.1) is 0 Å². The summed E-state index contributed by atoms with van der Waals surface area (Å²) in [4.78, 5) is 36.4. The average molecular weight is 447 g/mol. The van der Waals surface area contributed by atoms with E-state index in [0.717, 1.165) is 11.3 Å². The second kappa shape index (κ2) is 9.25. The molecule has 1 amide bonds. The molecule has 0 aliphatic rings. The minimum Gasteiger partial charge on any atom is -0.494 e. The zero-order valence-corrected chi connectivity index (χ0v) is 19.1. The van der Waals surface area contributed by atoms with Gasteiger partial charge in [-0.2, -0.15) is 5.10 Å². The maximum Gasteiger partial charge on any atom is 0.262 e. The Morgan fingerprint density at radius 1 is 1.12 bits per heavy atom. The molecule has 0 radical (unpaired) electrons. The van der Waals surface area contributed by atoms with Crippen LogP contribution in [0.25, 0.3) is 16.7 Å². The van der Waals surface area contributed by atoms with Crippen LogP contribution in [0.15, 0.2) is 59.5 Å². The summed E-state index contributed by atoms with van der Waals surface area (Å²) in [6.45, 7) is 2.42. The molecule has 0 aliphatic heterocycles. The molecular formula is C24H26N6O3. The zero-order valence-electron chi connectivity index (χ0n) is 19.1. The van der Waals surface area contributed by atoms with Crippen molar-refractivity contribution in [1.29, 1.82) is 0 Å². The minimum atomic E-state index is -0.284. The lowest BCUT2D eigenvalue weighted by Crippen LogP contribution is -2.37. The lowest BCUT2D eigenvalue weighted by atomic mass is 10.2. The van der Waals surface area contributed by atoms with Crippen LogP contribution in [0.1, 0.15) is 11.4 Å². The Bertz CT molecular complexity index is 1360. The van der Waals surface area contributed by atoms with Gasteiger partial charge in [0.1, 0.15) is 22.6 Å². The van der Waals surface area contributed by atoms with Crippen LogP contribution < -0.4 is 15.2 Å². The third kappa shape index (κ3) is 4.49. The molecule has 0 aliphatic carbocycles. The lowest BCUT2D eigenvalue weighted by molar-refractivity contribution is -0.119. The number of carbonyl (C=O) groups excluding carboxylic acids is 1. The third-order valence-electron chi connectivity index (χ3n) is 5.48. The van der Waals surface area contributed by atoms with Crippen molar-refractivity contribution in [2.24, 2.45) is 0 Å². The van der Waals surface area contributed by atoms with Crippen LogP contribution in [0.5, 0.6) is 5.75 Å². The Kier molecular flexibility index (Phi) is 6.23. The summed E-state index contributed by atoms with van der Waals surface area (Å²) in [5, 5.41) is 4.73. The molecule has 0 unspecified atom stereocenters. The number of fused-ring (bicyclic) bond motifs is 1. The Balaban J connectivity index is 1.57. The summed E-state index contributed by atoms with van der Waals surface area (Å²) in [7, 11) is 5.15. The van der Waals surface area contributed by atoms with E-state index in [1.807, 2.05) is 67.4 Å². The molecule has 33 heavy (non-hydrogen) atoms. The molecule has 0 bridgehead atoms. The van der Waals surface area contributed by atoms with Gasteiger partial charge in [-0.25, -0.2) is 9.67 Å². The van der Waals surface area contributed by atoms with Crippen LogP contribution in [-0.2, 0) is 11.3 Å². The summed E-state index contributed by atoms with van der Waals surface area (Å²) in [6.07, 6.45) is 1.49. The fourth-order valence-electron chi connectivity index (χ4n) is 3.74. The largest absolute Gasteiger partial charge is 0.494 e. The van der Waals surface area contributed by atoms with Gasteiger partial charge in [-0.1, -0.05) is 30.3 Å². The van der Waals surface area contributed by atoms with Crippen LogP contribution in [-0.4, -0.2) is 58.3 Å². The highest BCUT2D eigenvalue weighted by molar-refractivity contribution is 5.94. The van der Waals surface area contributed by atoms with Gasteiger partial charge in [-0.3, -0.25) is 14.5 Å². The molecule has 2 heterocycles. The normalized spacial score (nSPS) is 11.2. The van der Waals surface area contributed by atoms with E-state index in [0.29, 0.717) is 28.3 Å². The Hall–Kier alpha value is -3.98. The number of methoxy groups -OCH3 is 1. The maximum atomic E-state index is 12.8. The molecule has 4 rings (SSSR count). The first kappa shape index (κ1) is 22.2. The third-order valence-corrected chi connectivity index (χ3v) is 5.48. The van der Waals surface area contributed by atoms with Crippen molar-refractivity contribution in [3.63, 3.8) is 0 Å². The number of aromatic amines is 1. The number of para-hydroxylation sites is 3. The van der Waals surface area contributed by atoms with Gasteiger partial charge in [0.15, 0.2) is 5.65 Å².